The van der Waals surface area contributed by atoms with Crippen molar-refractivity contribution in [2.75, 3.05) is 0 Å². The summed E-state index contributed by atoms with van der Waals surface area (Å²) in [6.45, 7) is 0.408. The van der Waals surface area contributed by atoms with Crippen LogP contribution in [0.15, 0.2) is 131 Å². The van der Waals surface area contributed by atoms with E-state index in [9.17, 15) is 14.7 Å². The summed E-state index contributed by atoms with van der Waals surface area (Å²) in [4.78, 5) is 30.1. The third kappa shape index (κ3) is 6.85. The van der Waals surface area contributed by atoms with E-state index in [1.165, 1.54) is 11.8 Å². The van der Waals surface area contributed by atoms with Gasteiger partial charge in [-0.25, -0.2) is 4.99 Å². The topological polar surface area (TPSA) is 88.0 Å². The number of amidine groups is 1. The first kappa shape index (κ1) is 28.0. The first-order valence-corrected chi connectivity index (χ1v) is 14.7. The number of aliphatic carboxylic acids is 1. The summed E-state index contributed by atoms with van der Waals surface area (Å²) in [5.74, 6) is -1.10. The highest BCUT2D eigenvalue weighted by molar-refractivity contribution is 8.18. The summed E-state index contributed by atoms with van der Waals surface area (Å²) in [5, 5.41) is 15.2. The molecule has 1 amide bonds. The molecule has 0 aromatic heterocycles. The lowest BCUT2D eigenvalue weighted by Gasteiger charge is -2.13. The Morgan fingerprint density at radius 3 is 2.14 bits per heavy atom. The molecule has 1 heterocycles. The van der Waals surface area contributed by atoms with E-state index in [4.69, 9.17) is 4.74 Å². The smallest absolute Gasteiger partial charge is 0.311 e. The zero-order valence-corrected chi connectivity index (χ0v) is 24.0. The van der Waals surface area contributed by atoms with Gasteiger partial charge in [-0.3, -0.25) is 9.59 Å². The molecule has 5 aromatic rings. The number of carbonyl (C=O) groups excluding carboxylic acids is 1. The van der Waals surface area contributed by atoms with E-state index in [2.05, 4.69) is 10.3 Å². The zero-order valence-electron chi connectivity index (χ0n) is 23.1. The predicted molar refractivity (Wildman–Crippen MR) is 172 cm³/mol. The Labute approximate surface area is 253 Å². The van der Waals surface area contributed by atoms with Gasteiger partial charge in [0.1, 0.15) is 12.4 Å². The molecule has 5 aromatic carbocycles. The lowest BCUT2D eigenvalue weighted by Crippen LogP contribution is -2.19. The number of carbonyl (C=O) groups is 2. The third-order valence-corrected chi connectivity index (χ3v) is 8.07. The third-order valence-electron chi connectivity index (χ3n) is 7.16. The van der Waals surface area contributed by atoms with Crippen LogP contribution in [0, 0.1) is 0 Å². The van der Waals surface area contributed by atoms with Gasteiger partial charge in [0.15, 0.2) is 5.17 Å². The molecule has 0 aliphatic carbocycles. The van der Waals surface area contributed by atoms with Gasteiger partial charge >= 0.3 is 5.97 Å². The van der Waals surface area contributed by atoms with Gasteiger partial charge in [0.05, 0.1) is 16.5 Å². The zero-order chi connectivity index (χ0) is 29.6. The van der Waals surface area contributed by atoms with Crippen LogP contribution < -0.4 is 10.1 Å². The minimum Gasteiger partial charge on any atom is -0.488 e. The Balaban J connectivity index is 1.22. The average molecular weight is 585 g/mol. The van der Waals surface area contributed by atoms with Gasteiger partial charge in [0.25, 0.3) is 5.91 Å². The molecule has 0 radical (unpaired) electrons. The summed E-state index contributed by atoms with van der Waals surface area (Å²) in [7, 11) is 0. The molecule has 0 bridgehead atoms. The number of hydrogen-bond donors (Lipinski definition) is 2. The molecule has 2 N–H and O–H groups in total. The van der Waals surface area contributed by atoms with E-state index in [-0.39, 0.29) is 5.91 Å². The summed E-state index contributed by atoms with van der Waals surface area (Å²) < 4.78 is 6.23. The highest BCUT2D eigenvalue weighted by Crippen LogP contribution is 2.34. The van der Waals surface area contributed by atoms with Crippen molar-refractivity contribution in [3.8, 4) is 5.75 Å². The van der Waals surface area contributed by atoms with Gasteiger partial charge < -0.3 is 15.2 Å². The molecule has 1 fully saturated rings. The minimum absolute atomic E-state index is 0.239. The molecule has 7 heteroatoms. The second-order valence-electron chi connectivity index (χ2n) is 10.2. The van der Waals surface area contributed by atoms with Crippen molar-refractivity contribution in [1.82, 2.24) is 5.32 Å². The quantitative estimate of drug-likeness (QED) is 0.173. The van der Waals surface area contributed by atoms with E-state index in [0.717, 1.165) is 27.5 Å². The maximum absolute atomic E-state index is 12.9. The number of nitrogens with zero attached hydrogens (tertiary/aromatic N) is 1. The second-order valence-corrected chi connectivity index (χ2v) is 11.2. The van der Waals surface area contributed by atoms with Crippen molar-refractivity contribution in [3.63, 3.8) is 0 Å². The molecular weight excluding hydrogens is 556 g/mol. The van der Waals surface area contributed by atoms with Crippen molar-refractivity contribution in [2.24, 2.45) is 4.99 Å². The standard InChI is InChI=1S/C36H28N2O4S/c39-34-33(22-29-20-27-13-7-8-14-28(27)21-32(29)42-23-25-11-5-2-6-12-25)43-36(38-34)37-30-17-15-26(16-18-30)31(35(40)41)19-24-9-3-1-4-10-24/h1-18,20-22,31H,19,23H2,(H,40,41)(H,37,38,39). The number of aliphatic imine (C=N–C) groups is 1. The van der Waals surface area contributed by atoms with Gasteiger partial charge in [-0.15, -0.1) is 0 Å². The number of fused-ring (bicyclic) bond motifs is 1. The highest BCUT2D eigenvalue weighted by atomic mass is 32.2. The summed E-state index contributed by atoms with van der Waals surface area (Å²) >= 11 is 1.25. The van der Waals surface area contributed by atoms with Crippen molar-refractivity contribution in [1.29, 1.82) is 0 Å². The Bertz CT molecular complexity index is 1830. The van der Waals surface area contributed by atoms with Crippen molar-refractivity contribution in [2.45, 2.75) is 18.9 Å². The number of hydrogen-bond acceptors (Lipinski definition) is 5. The molecule has 0 spiro atoms. The number of rotatable bonds is 9. The van der Waals surface area contributed by atoms with Crippen LogP contribution in [0.5, 0.6) is 5.75 Å². The lowest BCUT2D eigenvalue weighted by atomic mass is 9.92. The molecule has 0 saturated carbocycles. The van der Waals surface area contributed by atoms with E-state index in [1.54, 1.807) is 24.3 Å². The van der Waals surface area contributed by atoms with E-state index in [0.29, 0.717) is 40.1 Å². The summed E-state index contributed by atoms with van der Waals surface area (Å²) in [6.07, 6.45) is 2.23. The average Bonchev–Trinajstić information content (AvgIpc) is 3.37. The predicted octanol–water partition coefficient (Wildman–Crippen LogP) is 7.72. The Hall–Kier alpha value is -5.14. The first-order chi connectivity index (χ1) is 21.0. The van der Waals surface area contributed by atoms with Crippen molar-refractivity contribution >= 4 is 51.3 Å². The van der Waals surface area contributed by atoms with Gasteiger partial charge in [-0.05, 0) is 76.0 Å². The fourth-order valence-corrected chi connectivity index (χ4v) is 5.76. The fourth-order valence-electron chi connectivity index (χ4n) is 4.93. The fraction of sp³-hybridized carbons (Fsp3) is 0.0833. The Kier molecular flexibility index (Phi) is 8.33. The number of carboxylic acids is 1. The van der Waals surface area contributed by atoms with Gasteiger partial charge in [-0.2, -0.15) is 0 Å². The molecule has 1 atom stereocenters. The summed E-state index contributed by atoms with van der Waals surface area (Å²) in [5.41, 5.74) is 4.13. The molecule has 1 aliphatic heterocycles. The van der Waals surface area contributed by atoms with E-state index < -0.39 is 11.9 Å². The largest absolute Gasteiger partial charge is 0.488 e. The van der Waals surface area contributed by atoms with Crippen LogP contribution in [0.4, 0.5) is 5.69 Å². The molecule has 6 rings (SSSR count). The van der Waals surface area contributed by atoms with Crippen molar-refractivity contribution in [3.05, 3.63) is 148 Å². The van der Waals surface area contributed by atoms with Crippen LogP contribution in [-0.2, 0) is 22.6 Å². The molecule has 212 valence electrons. The monoisotopic (exact) mass is 584 g/mol. The number of amides is 1. The molecular formula is C36H28N2O4S. The highest BCUT2D eigenvalue weighted by Gasteiger charge is 2.25. The van der Waals surface area contributed by atoms with Gasteiger partial charge in [0.2, 0.25) is 0 Å². The maximum atomic E-state index is 12.9. The molecule has 1 unspecified atom stereocenters. The van der Waals surface area contributed by atoms with Gasteiger partial charge in [0, 0.05) is 5.56 Å². The van der Waals surface area contributed by atoms with Crippen LogP contribution in [0.1, 0.15) is 28.2 Å². The minimum atomic E-state index is -0.878. The first-order valence-electron chi connectivity index (χ1n) is 13.9. The normalized spacial score (nSPS) is 15.5. The van der Waals surface area contributed by atoms with Crippen molar-refractivity contribution < 1.29 is 19.4 Å². The van der Waals surface area contributed by atoms with Crippen LogP contribution in [0.2, 0.25) is 0 Å². The SMILES string of the molecule is O=C1NC(=Nc2ccc(C(Cc3ccccc3)C(=O)O)cc2)SC1=Cc1cc2ccccc2cc1OCc1ccccc1. The second kappa shape index (κ2) is 12.8. The summed E-state index contributed by atoms with van der Waals surface area (Å²) in [6, 6.07) is 38.7. The van der Waals surface area contributed by atoms with Gasteiger partial charge in [-0.1, -0.05) is 97.1 Å². The maximum Gasteiger partial charge on any atom is 0.311 e. The molecule has 1 saturated heterocycles. The number of carboxylic acid groups (broad SMARTS) is 1. The number of thioether (sulfide) groups is 1. The molecule has 1 aliphatic rings. The van der Waals surface area contributed by atoms with E-state index >= 15 is 0 Å². The number of nitrogens with one attached hydrogen (secondary N) is 1. The lowest BCUT2D eigenvalue weighted by molar-refractivity contribution is -0.138. The van der Waals surface area contributed by atoms with Crippen LogP contribution >= 0.6 is 11.8 Å². The number of ether oxygens (including phenoxy) is 1. The Morgan fingerprint density at radius 2 is 1.47 bits per heavy atom. The molecule has 43 heavy (non-hydrogen) atoms. The molecule has 6 nitrogen and oxygen atoms in total. The van der Waals surface area contributed by atoms with Crippen LogP contribution in [0.25, 0.3) is 16.8 Å². The Morgan fingerprint density at radius 1 is 0.837 bits per heavy atom. The number of benzene rings is 5. The van der Waals surface area contributed by atoms with Crippen LogP contribution in [-0.4, -0.2) is 22.2 Å². The van der Waals surface area contributed by atoms with E-state index in [1.807, 2.05) is 103 Å². The van der Waals surface area contributed by atoms with Crippen LogP contribution in [0.3, 0.4) is 0 Å².